The first kappa shape index (κ1) is 15.3. The molecule has 0 aliphatic carbocycles. The summed E-state index contributed by atoms with van der Waals surface area (Å²) >= 11 is 0. The van der Waals surface area contributed by atoms with Crippen molar-refractivity contribution in [3.05, 3.63) is 0 Å². The predicted molar refractivity (Wildman–Crippen MR) is 68.6 cm³/mol. The lowest BCUT2D eigenvalue weighted by molar-refractivity contribution is -0.147. The van der Waals surface area contributed by atoms with Crippen LogP contribution in [0.2, 0.25) is 0 Å². The van der Waals surface area contributed by atoms with Gasteiger partial charge in [0.2, 0.25) is 5.91 Å². The number of aliphatic carboxylic acids is 1. The lowest BCUT2D eigenvalue weighted by atomic mass is 9.88. The highest BCUT2D eigenvalue weighted by Crippen LogP contribution is 2.19. The van der Waals surface area contributed by atoms with Gasteiger partial charge >= 0.3 is 12.0 Å². The van der Waals surface area contributed by atoms with Crippen LogP contribution in [0.3, 0.4) is 0 Å². The van der Waals surface area contributed by atoms with Crippen LogP contribution in [0, 0.1) is 5.41 Å². The fraction of sp³-hybridized carbons (Fsp3) is 0.750. The fourth-order valence-corrected chi connectivity index (χ4v) is 1.71. The molecule has 108 valence electrons. The van der Waals surface area contributed by atoms with Gasteiger partial charge in [0.15, 0.2) is 0 Å². The van der Waals surface area contributed by atoms with Crippen LogP contribution >= 0.6 is 0 Å². The molecule has 0 saturated carbocycles. The molecule has 1 fully saturated rings. The van der Waals surface area contributed by atoms with Crippen LogP contribution in [-0.4, -0.2) is 54.1 Å². The van der Waals surface area contributed by atoms with Crippen molar-refractivity contribution in [2.75, 3.05) is 26.2 Å². The summed E-state index contributed by atoms with van der Waals surface area (Å²) in [6.07, 6.45) is 1.12. The van der Waals surface area contributed by atoms with Crippen molar-refractivity contribution < 1.29 is 19.5 Å². The zero-order chi connectivity index (χ0) is 14.5. The highest BCUT2D eigenvalue weighted by molar-refractivity contribution is 5.84. The van der Waals surface area contributed by atoms with Crippen LogP contribution < -0.4 is 10.6 Å². The topological polar surface area (TPSA) is 98.7 Å². The van der Waals surface area contributed by atoms with Crippen molar-refractivity contribution in [3.63, 3.8) is 0 Å². The number of rotatable bonds is 4. The number of amides is 3. The molecule has 0 aromatic heterocycles. The Hall–Kier alpha value is -1.79. The van der Waals surface area contributed by atoms with Crippen molar-refractivity contribution in [2.45, 2.75) is 26.7 Å². The molecule has 1 unspecified atom stereocenters. The van der Waals surface area contributed by atoms with Crippen molar-refractivity contribution >= 4 is 17.9 Å². The van der Waals surface area contributed by atoms with Crippen molar-refractivity contribution in [1.29, 1.82) is 0 Å². The van der Waals surface area contributed by atoms with E-state index in [4.69, 9.17) is 5.11 Å². The SMILES string of the molecule is CCC(C)(CNC(=O)N1CCCNC(=O)C1)C(=O)O. The average Bonchev–Trinajstić information content (AvgIpc) is 2.60. The summed E-state index contributed by atoms with van der Waals surface area (Å²) in [5.74, 6) is -1.13. The maximum absolute atomic E-state index is 11.9. The Morgan fingerprint density at radius 2 is 2.21 bits per heavy atom. The number of hydrogen-bond donors (Lipinski definition) is 3. The quantitative estimate of drug-likeness (QED) is 0.671. The molecule has 1 aliphatic rings. The van der Waals surface area contributed by atoms with Crippen LogP contribution in [0.15, 0.2) is 0 Å². The average molecular weight is 271 g/mol. The predicted octanol–water partition coefficient (Wildman–Crippen LogP) is 0.0188. The van der Waals surface area contributed by atoms with Crippen LogP contribution in [0.1, 0.15) is 26.7 Å². The summed E-state index contributed by atoms with van der Waals surface area (Å²) in [6.45, 7) is 4.47. The molecule has 3 amide bonds. The van der Waals surface area contributed by atoms with E-state index in [0.717, 1.165) is 0 Å². The number of urea groups is 1. The first-order valence-corrected chi connectivity index (χ1v) is 6.42. The zero-order valence-corrected chi connectivity index (χ0v) is 11.4. The second kappa shape index (κ2) is 6.40. The minimum Gasteiger partial charge on any atom is -0.481 e. The molecular formula is C12H21N3O4. The normalized spacial score (nSPS) is 19.1. The molecule has 0 aromatic carbocycles. The number of carbonyl (C=O) groups is 3. The molecule has 7 heteroatoms. The van der Waals surface area contributed by atoms with Gasteiger partial charge in [-0.05, 0) is 19.8 Å². The summed E-state index contributed by atoms with van der Waals surface area (Å²) < 4.78 is 0. The Kier molecular flexibility index (Phi) is 5.14. The number of nitrogens with zero attached hydrogens (tertiary/aromatic N) is 1. The van der Waals surface area contributed by atoms with Crippen molar-refractivity contribution in [3.8, 4) is 0 Å². The molecule has 0 radical (unpaired) electrons. The maximum Gasteiger partial charge on any atom is 0.317 e. The highest BCUT2D eigenvalue weighted by atomic mass is 16.4. The van der Waals surface area contributed by atoms with Crippen LogP contribution in [0.5, 0.6) is 0 Å². The second-order valence-electron chi connectivity index (χ2n) is 5.00. The van der Waals surface area contributed by atoms with E-state index in [0.29, 0.717) is 25.9 Å². The number of carboxylic acids is 1. The summed E-state index contributed by atoms with van der Waals surface area (Å²) in [5.41, 5.74) is -0.982. The van der Waals surface area contributed by atoms with E-state index in [1.807, 2.05) is 0 Å². The smallest absolute Gasteiger partial charge is 0.317 e. The van der Waals surface area contributed by atoms with Crippen LogP contribution in [0.25, 0.3) is 0 Å². The van der Waals surface area contributed by atoms with Gasteiger partial charge in [-0.2, -0.15) is 0 Å². The Morgan fingerprint density at radius 3 is 2.79 bits per heavy atom. The molecular weight excluding hydrogens is 250 g/mol. The molecule has 19 heavy (non-hydrogen) atoms. The molecule has 1 heterocycles. The summed E-state index contributed by atoms with van der Waals surface area (Å²) in [6, 6.07) is -0.391. The van der Waals surface area contributed by atoms with Crippen molar-refractivity contribution in [1.82, 2.24) is 15.5 Å². The van der Waals surface area contributed by atoms with Gasteiger partial charge in [0.25, 0.3) is 0 Å². The Bertz CT molecular complexity index is 372. The van der Waals surface area contributed by atoms with Gasteiger partial charge in [-0.1, -0.05) is 6.92 Å². The lowest BCUT2D eigenvalue weighted by Gasteiger charge is -2.26. The Balaban J connectivity index is 2.54. The van der Waals surface area contributed by atoms with E-state index in [1.165, 1.54) is 4.90 Å². The van der Waals surface area contributed by atoms with E-state index >= 15 is 0 Å². The van der Waals surface area contributed by atoms with Gasteiger partial charge in [0.05, 0.1) is 5.41 Å². The number of hydrogen-bond acceptors (Lipinski definition) is 3. The van der Waals surface area contributed by atoms with E-state index in [2.05, 4.69) is 10.6 Å². The van der Waals surface area contributed by atoms with Gasteiger partial charge in [0, 0.05) is 19.6 Å². The fourth-order valence-electron chi connectivity index (χ4n) is 1.71. The zero-order valence-electron chi connectivity index (χ0n) is 11.4. The van der Waals surface area contributed by atoms with E-state index in [-0.39, 0.29) is 19.0 Å². The maximum atomic E-state index is 11.9. The molecule has 0 bridgehead atoms. The number of carboxylic acid groups (broad SMARTS) is 1. The van der Waals surface area contributed by atoms with Gasteiger partial charge in [0.1, 0.15) is 6.54 Å². The highest BCUT2D eigenvalue weighted by Gasteiger charge is 2.32. The number of nitrogens with one attached hydrogen (secondary N) is 2. The summed E-state index contributed by atoms with van der Waals surface area (Å²) in [4.78, 5) is 35.8. The molecule has 1 aliphatic heterocycles. The standard InChI is InChI=1S/C12H21N3O4/c1-3-12(2,10(17)18)8-14-11(19)15-6-4-5-13-9(16)7-15/h3-8H2,1-2H3,(H,13,16)(H,14,19)(H,17,18). The molecule has 1 atom stereocenters. The van der Waals surface area contributed by atoms with Crippen LogP contribution in [-0.2, 0) is 9.59 Å². The van der Waals surface area contributed by atoms with Crippen molar-refractivity contribution in [2.24, 2.45) is 5.41 Å². The van der Waals surface area contributed by atoms with Gasteiger partial charge in [-0.15, -0.1) is 0 Å². The van der Waals surface area contributed by atoms with Crippen LogP contribution in [0.4, 0.5) is 4.79 Å². The molecule has 1 rings (SSSR count). The van der Waals surface area contributed by atoms with E-state index in [1.54, 1.807) is 13.8 Å². The molecule has 3 N–H and O–H groups in total. The number of carbonyl (C=O) groups excluding carboxylic acids is 2. The molecule has 1 saturated heterocycles. The van der Waals surface area contributed by atoms with E-state index < -0.39 is 17.4 Å². The molecule has 0 aromatic rings. The Labute approximate surface area is 112 Å². The van der Waals surface area contributed by atoms with Gasteiger partial charge in [-0.3, -0.25) is 9.59 Å². The van der Waals surface area contributed by atoms with Gasteiger partial charge < -0.3 is 20.6 Å². The second-order valence-corrected chi connectivity index (χ2v) is 5.00. The molecule has 0 spiro atoms. The first-order valence-electron chi connectivity index (χ1n) is 6.42. The summed E-state index contributed by atoms with van der Waals surface area (Å²) in [5, 5.41) is 14.4. The third-order valence-corrected chi connectivity index (χ3v) is 3.48. The monoisotopic (exact) mass is 271 g/mol. The Morgan fingerprint density at radius 1 is 1.53 bits per heavy atom. The minimum absolute atomic E-state index is 0.0156. The van der Waals surface area contributed by atoms with Gasteiger partial charge in [-0.25, -0.2) is 4.79 Å². The first-order chi connectivity index (χ1) is 8.89. The third-order valence-electron chi connectivity index (χ3n) is 3.48. The minimum atomic E-state index is -0.982. The largest absolute Gasteiger partial charge is 0.481 e. The molecule has 7 nitrogen and oxygen atoms in total. The lowest BCUT2D eigenvalue weighted by Crippen LogP contribution is -2.48. The van der Waals surface area contributed by atoms with E-state index in [9.17, 15) is 14.4 Å². The summed E-state index contributed by atoms with van der Waals surface area (Å²) in [7, 11) is 0. The third kappa shape index (κ3) is 4.11.